The molecule has 0 spiro atoms. The average molecular weight is 195 g/mol. The third kappa shape index (κ3) is 1.71. The van der Waals surface area contributed by atoms with Crippen LogP contribution < -0.4 is 14.8 Å². The Morgan fingerprint density at radius 1 is 1.29 bits per heavy atom. The summed E-state index contributed by atoms with van der Waals surface area (Å²) in [4.78, 5) is 10.4. The first-order valence-corrected chi connectivity index (χ1v) is 4.15. The molecule has 1 aliphatic rings. The molecule has 0 saturated carbocycles. The summed E-state index contributed by atoms with van der Waals surface area (Å²) < 4.78 is 10.6. The molecule has 2 rings (SSSR count). The van der Waals surface area contributed by atoms with Gasteiger partial charge in [-0.25, -0.2) is 4.79 Å². The van der Waals surface area contributed by atoms with Gasteiger partial charge in [-0.1, -0.05) is 0 Å². The van der Waals surface area contributed by atoms with Crippen LogP contribution in [0.15, 0.2) is 18.2 Å². The summed E-state index contributed by atoms with van der Waals surface area (Å²) in [5.74, 6) is 1.22. The highest BCUT2D eigenvalue weighted by molar-refractivity contribution is 5.83. The van der Waals surface area contributed by atoms with Crippen molar-refractivity contribution in [2.24, 2.45) is 0 Å². The summed E-state index contributed by atoms with van der Waals surface area (Å²) in [6, 6.07) is 4.91. The summed E-state index contributed by atoms with van der Waals surface area (Å²) >= 11 is 0. The van der Waals surface area contributed by atoms with E-state index < -0.39 is 6.09 Å². The van der Waals surface area contributed by atoms with Gasteiger partial charge in [0.25, 0.3) is 0 Å². The van der Waals surface area contributed by atoms with E-state index in [0.29, 0.717) is 30.4 Å². The molecular formula is C9H9NO4. The van der Waals surface area contributed by atoms with Crippen LogP contribution in [0.2, 0.25) is 0 Å². The molecule has 1 aliphatic heterocycles. The molecule has 74 valence electrons. The average Bonchev–Trinajstić information content (AvgIpc) is 2.17. The number of ether oxygens (including phenoxy) is 2. The van der Waals surface area contributed by atoms with Crippen LogP contribution in [0.4, 0.5) is 10.5 Å². The topological polar surface area (TPSA) is 67.8 Å². The van der Waals surface area contributed by atoms with Crippen molar-refractivity contribution in [3.05, 3.63) is 18.2 Å². The first-order valence-electron chi connectivity index (χ1n) is 4.15. The number of nitrogens with one attached hydrogen (secondary N) is 1. The van der Waals surface area contributed by atoms with Gasteiger partial charge in [-0.2, -0.15) is 0 Å². The number of anilines is 1. The molecule has 5 heteroatoms. The first-order chi connectivity index (χ1) is 6.75. The van der Waals surface area contributed by atoms with Gasteiger partial charge in [-0.3, -0.25) is 5.32 Å². The third-order valence-electron chi connectivity index (χ3n) is 1.79. The van der Waals surface area contributed by atoms with Crippen molar-refractivity contribution in [3.8, 4) is 11.5 Å². The number of rotatable bonds is 1. The highest BCUT2D eigenvalue weighted by Crippen LogP contribution is 2.32. The van der Waals surface area contributed by atoms with E-state index in [-0.39, 0.29) is 0 Å². The Hall–Kier alpha value is -1.91. The highest BCUT2D eigenvalue weighted by atomic mass is 16.6. The van der Waals surface area contributed by atoms with Crippen LogP contribution in [0.25, 0.3) is 0 Å². The number of hydrogen-bond acceptors (Lipinski definition) is 3. The van der Waals surface area contributed by atoms with Crippen molar-refractivity contribution >= 4 is 11.8 Å². The zero-order valence-corrected chi connectivity index (χ0v) is 7.32. The van der Waals surface area contributed by atoms with Crippen LogP contribution in [-0.4, -0.2) is 24.4 Å². The predicted octanol–water partition coefficient (Wildman–Crippen LogP) is 1.55. The van der Waals surface area contributed by atoms with Crippen molar-refractivity contribution in [3.63, 3.8) is 0 Å². The van der Waals surface area contributed by atoms with Gasteiger partial charge >= 0.3 is 6.09 Å². The van der Waals surface area contributed by atoms with Gasteiger partial charge < -0.3 is 14.6 Å². The summed E-state index contributed by atoms with van der Waals surface area (Å²) in [7, 11) is 0. The molecule has 1 amide bonds. The SMILES string of the molecule is O=C(O)Nc1ccc2c(c1)OCCO2. The van der Waals surface area contributed by atoms with Gasteiger partial charge in [0.05, 0.1) is 0 Å². The molecule has 0 aromatic heterocycles. The molecule has 0 aliphatic carbocycles. The lowest BCUT2D eigenvalue weighted by Crippen LogP contribution is -2.15. The van der Waals surface area contributed by atoms with Crippen LogP contribution >= 0.6 is 0 Å². The Labute approximate surface area is 80.3 Å². The van der Waals surface area contributed by atoms with Crippen molar-refractivity contribution < 1.29 is 19.4 Å². The molecule has 14 heavy (non-hydrogen) atoms. The number of amides is 1. The fourth-order valence-electron chi connectivity index (χ4n) is 1.24. The fourth-order valence-corrected chi connectivity index (χ4v) is 1.24. The summed E-state index contributed by atoms with van der Waals surface area (Å²) in [6.45, 7) is 1.02. The zero-order valence-electron chi connectivity index (χ0n) is 7.32. The Morgan fingerprint density at radius 2 is 2.00 bits per heavy atom. The first kappa shape index (κ1) is 8.68. The van der Waals surface area contributed by atoms with Crippen molar-refractivity contribution in [2.75, 3.05) is 18.5 Å². The number of fused-ring (bicyclic) bond motifs is 1. The smallest absolute Gasteiger partial charge is 0.409 e. The second kappa shape index (κ2) is 3.45. The minimum Gasteiger partial charge on any atom is -0.486 e. The number of carboxylic acid groups (broad SMARTS) is 1. The summed E-state index contributed by atoms with van der Waals surface area (Å²) in [6.07, 6.45) is -1.10. The van der Waals surface area contributed by atoms with Gasteiger partial charge in [0.15, 0.2) is 11.5 Å². The second-order valence-electron chi connectivity index (χ2n) is 2.79. The molecular weight excluding hydrogens is 186 g/mol. The maximum Gasteiger partial charge on any atom is 0.409 e. The molecule has 0 unspecified atom stereocenters. The molecule has 2 N–H and O–H groups in total. The van der Waals surface area contributed by atoms with Crippen molar-refractivity contribution in [1.29, 1.82) is 0 Å². The Bertz CT molecular complexity index is 364. The fraction of sp³-hybridized carbons (Fsp3) is 0.222. The molecule has 1 aromatic carbocycles. The van der Waals surface area contributed by atoms with E-state index in [1.54, 1.807) is 18.2 Å². The molecule has 0 saturated heterocycles. The van der Waals surface area contributed by atoms with E-state index in [1.165, 1.54) is 0 Å². The van der Waals surface area contributed by atoms with Crippen molar-refractivity contribution in [1.82, 2.24) is 0 Å². The lowest BCUT2D eigenvalue weighted by molar-refractivity contribution is 0.171. The van der Waals surface area contributed by atoms with Crippen LogP contribution in [0.5, 0.6) is 11.5 Å². The van der Waals surface area contributed by atoms with E-state index in [1.807, 2.05) is 0 Å². The molecule has 1 aromatic rings. The molecule has 0 radical (unpaired) electrons. The van der Waals surface area contributed by atoms with Gasteiger partial charge in [0.1, 0.15) is 13.2 Å². The molecule has 5 nitrogen and oxygen atoms in total. The second-order valence-corrected chi connectivity index (χ2v) is 2.79. The molecule has 1 heterocycles. The summed E-state index contributed by atoms with van der Waals surface area (Å²) in [5, 5.41) is 10.7. The standard InChI is InChI=1S/C9H9NO4/c11-9(12)10-6-1-2-7-8(5-6)14-4-3-13-7/h1-2,5,10H,3-4H2,(H,11,12). The monoisotopic (exact) mass is 195 g/mol. The highest BCUT2D eigenvalue weighted by Gasteiger charge is 2.11. The Balaban J connectivity index is 2.24. The maximum absolute atomic E-state index is 10.4. The molecule has 0 atom stereocenters. The predicted molar refractivity (Wildman–Crippen MR) is 49.1 cm³/mol. The van der Waals surface area contributed by atoms with E-state index >= 15 is 0 Å². The molecule has 0 bridgehead atoms. The Kier molecular flexibility index (Phi) is 2.14. The van der Waals surface area contributed by atoms with E-state index in [2.05, 4.69) is 5.32 Å². The number of benzene rings is 1. The summed E-state index contributed by atoms with van der Waals surface area (Å²) in [5.41, 5.74) is 0.474. The van der Waals surface area contributed by atoms with Gasteiger partial charge in [-0.05, 0) is 12.1 Å². The van der Waals surface area contributed by atoms with Gasteiger partial charge in [0.2, 0.25) is 0 Å². The van der Waals surface area contributed by atoms with Crippen LogP contribution in [-0.2, 0) is 0 Å². The number of carbonyl (C=O) groups is 1. The van der Waals surface area contributed by atoms with Crippen molar-refractivity contribution in [2.45, 2.75) is 0 Å². The van der Waals surface area contributed by atoms with E-state index in [0.717, 1.165) is 0 Å². The maximum atomic E-state index is 10.4. The number of hydrogen-bond donors (Lipinski definition) is 2. The largest absolute Gasteiger partial charge is 0.486 e. The molecule has 0 fully saturated rings. The van der Waals surface area contributed by atoms with Crippen LogP contribution in [0.1, 0.15) is 0 Å². The normalized spacial score (nSPS) is 13.4. The quantitative estimate of drug-likeness (QED) is 0.713. The minimum absolute atomic E-state index is 0.474. The lowest BCUT2D eigenvalue weighted by Gasteiger charge is -2.18. The third-order valence-corrected chi connectivity index (χ3v) is 1.79. The zero-order chi connectivity index (χ0) is 9.97. The van der Waals surface area contributed by atoms with Crippen LogP contribution in [0.3, 0.4) is 0 Å². The van der Waals surface area contributed by atoms with E-state index in [4.69, 9.17) is 14.6 Å². The Morgan fingerprint density at radius 3 is 2.71 bits per heavy atom. The van der Waals surface area contributed by atoms with Gasteiger partial charge in [-0.15, -0.1) is 0 Å². The minimum atomic E-state index is -1.10. The van der Waals surface area contributed by atoms with Gasteiger partial charge in [0, 0.05) is 11.8 Å². The lowest BCUT2D eigenvalue weighted by atomic mass is 10.2. The van der Waals surface area contributed by atoms with Crippen LogP contribution in [0, 0.1) is 0 Å². The van der Waals surface area contributed by atoms with E-state index in [9.17, 15) is 4.79 Å².